The second kappa shape index (κ2) is 10.8. The van der Waals surface area contributed by atoms with Gasteiger partial charge in [0.05, 0.1) is 6.21 Å². The van der Waals surface area contributed by atoms with E-state index in [9.17, 15) is 24.2 Å². The molecule has 3 atom stereocenters. The number of aliphatic hydroxyl groups excluding tert-OH is 3. The van der Waals surface area contributed by atoms with E-state index in [-0.39, 0.29) is 18.4 Å². The van der Waals surface area contributed by atoms with Gasteiger partial charge in [0.1, 0.15) is 31.6 Å². The van der Waals surface area contributed by atoms with E-state index in [0.717, 1.165) is 19.1 Å². The number of alkyl halides is 1. The summed E-state index contributed by atoms with van der Waals surface area (Å²) in [4.78, 5) is 28.7. The van der Waals surface area contributed by atoms with Crippen LogP contribution in [0.2, 0.25) is 0 Å². The zero-order valence-corrected chi connectivity index (χ0v) is 13.3. The Morgan fingerprint density at radius 1 is 1.12 bits per heavy atom. The molecule has 1 aliphatic heterocycles. The van der Waals surface area contributed by atoms with E-state index in [0.29, 0.717) is 19.4 Å². The van der Waals surface area contributed by atoms with E-state index in [1.54, 1.807) is 0 Å². The van der Waals surface area contributed by atoms with Crippen LogP contribution >= 0.6 is 0 Å². The zero-order valence-electron chi connectivity index (χ0n) is 13.3. The number of rotatable bonds is 12. The van der Waals surface area contributed by atoms with Gasteiger partial charge in [-0.3, -0.25) is 14.5 Å². The molecular formula is C15H23FN2O6. The van der Waals surface area contributed by atoms with Crippen LogP contribution in [-0.2, 0) is 14.4 Å². The summed E-state index contributed by atoms with van der Waals surface area (Å²) in [6.07, 6.45) is 1.57. The molecule has 3 N–H and O–H groups in total. The van der Waals surface area contributed by atoms with Gasteiger partial charge in [-0.2, -0.15) is 0 Å². The number of nitrogens with zero attached hydrogens (tertiary/aromatic N) is 2. The molecule has 2 amide bonds. The molecule has 136 valence electrons. The predicted octanol–water partition coefficient (Wildman–Crippen LogP) is -0.474. The van der Waals surface area contributed by atoms with Gasteiger partial charge in [0.15, 0.2) is 0 Å². The molecule has 0 aliphatic carbocycles. The van der Waals surface area contributed by atoms with Gasteiger partial charge in [-0.1, -0.05) is 11.6 Å². The summed E-state index contributed by atoms with van der Waals surface area (Å²) in [5.41, 5.74) is 0. The van der Waals surface area contributed by atoms with Gasteiger partial charge >= 0.3 is 0 Å². The van der Waals surface area contributed by atoms with Crippen molar-refractivity contribution in [1.29, 1.82) is 0 Å². The van der Waals surface area contributed by atoms with Crippen molar-refractivity contribution in [2.45, 2.75) is 44.0 Å². The molecule has 9 heteroatoms. The molecule has 0 saturated heterocycles. The predicted molar refractivity (Wildman–Crippen MR) is 82.8 cm³/mol. The van der Waals surface area contributed by atoms with E-state index in [1.807, 2.05) is 0 Å². The first kappa shape index (κ1) is 20.2. The van der Waals surface area contributed by atoms with Crippen molar-refractivity contribution in [3.05, 3.63) is 12.2 Å². The highest BCUT2D eigenvalue weighted by atomic mass is 19.1. The molecule has 0 aromatic heterocycles. The summed E-state index contributed by atoms with van der Waals surface area (Å²) in [7, 11) is 0. The van der Waals surface area contributed by atoms with Crippen molar-refractivity contribution in [2.75, 3.05) is 19.8 Å². The Bertz CT molecular complexity index is 453. The lowest BCUT2D eigenvalue weighted by Gasteiger charge is -2.17. The molecule has 0 spiro atoms. The summed E-state index contributed by atoms with van der Waals surface area (Å²) in [5, 5.41) is 31.1. The van der Waals surface area contributed by atoms with Crippen LogP contribution < -0.4 is 0 Å². The van der Waals surface area contributed by atoms with Crippen molar-refractivity contribution >= 4 is 18.0 Å². The smallest absolute Gasteiger partial charge is 0.253 e. The highest BCUT2D eigenvalue weighted by molar-refractivity contribution is 6.12. The maximum atomic E-state index is 12.1. The van der Waals surface area contributed by atoms with Gasteiger partial charge in [0.25, 0.3) is 11.8 Å². The van der Waals surface area contributed by atoms with Crippen LogP contribution in [-0.4, -0.2) is 76.4 Å². The van der Waals surface area contributed by atoms with E-state index in [2.05, 4.69) is 5.16 Å². The van der Waals surface area contributed by atoms with Gasteiger partial charge in [-0.05, 0) is 19.3 Å². The van der Waals surface area contributed by atoms with E-state index in [1.165, 1.54) is 17.1 Å². The molecule has 1 heterocycles. The third kappa shape index (κ3) is 6.73. The van der Waals surface area contributed by atoms with Gasteiger partial charge in [0, 0.05) is 18.7 Å². The summed E-state index contributed by atoms with van der Waals surface area (Å²) in [5.74, 6) is -0.562. The minimum absolute atomic E-state index is 0.281. The number of unbranched alkanes of at least 4 members (excludes halogenated alkanes) is 3. The molecule has 0 bridgehead atoms. The lowest BCUT2D eigenvalue weighted by Crippen LogP contribution is -2.39. The SMILES string of the molecule is O=C1C=CC(=O)N1CCCCCCO/N=C/[C@H](O)C(O)[C@H](O)CF. The summed E-state index contributed by atoms with van der Waals surface area (Å²) in [6.45, 7) is -0.490. The third-order valence-corrected chi connectivity index (χ3v) is 3.46. The zero-order chi connectivity index (χ0) is 17.9. The van der Waals surface area contributed by atoms with E-state index < -0.39 is 25.0 Å². The average Bonchev–Trinajstić information content (AvgIpc) is 2.90. The quantitative estimate of drug-likeness (QED) is 0.190. The van der Waals surface area contributed by atoms with Crippen molar-refractivity contribution in [2.24, 2.45) is 5.16 Å². The normalized spacial score (nSPS) is 18.4. The Balaban J connectivity index is 2.01. The standard InChI is InChI=1S/C15H23FN2O6/c16-9-11(19)15(23)12(20)10-17-24-8-4-2-1-3-7-18-13(21)5-6-14(18)22/h5-6,10-12,15,19-20,23H,1-4,7-9H2/b17-10+/t11-,12+,15?/m1/s1. The maximum absolute atomic E-state index is 12.1. The molecule has 0 aromatic rings. The van der Waals surface area contributed by atoms with Gasteiger partial charge in [-0.15, -0.1) is 0 Å². The number of hydrogen-bond acceptors (Lipinski definition) is 7. The number of oxime groups is 1. The third-order valence-electron chi connectivity index (χ3n) is 3.46. The van der Waals surface area contributed by atoms with Crippen molar-refractivity contribution < 1.29 is 34.1 Å². The highest BCUT2D eigenvalue weighted by Gasteiger charge is 2.23. The van der Waals surface area contributed by atoms with E-state index >= 15 is 0 Å². The van der Waals surface area contributed by atoms with Crippen LogP contribution in [0.25, 0.3) is 0 Å². The minimum Gasteiger partial charge on any atom is -0.396 e. The average molecular weight is 346 g/mol. The number of halogens is 1. The molecule has 1 rings (SSSR count). The second-order valence-electron chi connectivity index (χ2n) is 5.37. The highest BCUT2D eigenvalue weighted by Crippen LogP contribution is 2.07. The molecule has 1 unspecified atom stereocenters. The molecule has 1 aliphatic rings. The maximum Gasteiger partial charge on any atom is 0.253 e. The molecule has 0 fully saturated rings. The number of hydrogen-bond donors (Lipinski definition) is 3. The molecule has 0 radical (unpaired) electrons. The van der Waals surface area contributed by atoms with Gasteiger partial charge in [0.2, 0.25) is 0 Å². The summed E-state index contributed by atoms with van der Waals surface area (Å²) in [6, 6.07) is 0. The number of imide groups is 1. The lowest BCUT2D eigenvalue weighted by molar-refractivity contribution is -0.136. The topological polar surface area (TPSA) is 120 Å². The molecule has 24 heavy (non-hydrogen) atoms. The first-order valence-electron chi connectivity index (χ1n) is 7.76. The van der Waals surface area contributed by atoms with Crippen LogP contribution in [0.1, 0.15) is 25.7 Å². The molecule has 0 saturated carbocycles. The fourth-order valence-corrected chi connectivity index (χ4v) is 2.01. The van der Waals surface area contributed by atoms with Crippen LogP contribution in [0.5, 0.6) is 0 Å². The molecule has 8 nitrogen and oxygen atoms in total. The van der Waals surface area contributed by atoms with Crippen LogP contribution in [0.15, 0.2) is 17.3 Å². The van der Waals surface area contributed by atoms with Crippen molar-refractivity contribution in [1.82, 2.24) is 4.90 Å². The Kier molecular flexibility index (Phi) is 9.13. The second-order valence-corrected chi connectivity index (χ2v) is 5.37. The number of carbonyl (C=O) groups is 2. The first-order chi connectivity index (χ1) is 11.5. The Morgan fingerprint density at radius 3 is 2.38 bits per heavy atom. The van der Waals surface area contributed by atoms with Crippen LogP contribution in [0, 0.1) is 0 Å². The van der Waals surface area contributed by atoms with E-state index in [4.69, 9.17) is 9.94 Å². The fraction of sp³-hybridized carbons (Fsp3) is 0.667. The summed E-state index contributed by atoms with van der Waals surface area (Å²) >= 11 is 0. The fourth-order valence-electron chi connectivity index (χ4n) is 2.01. The largest absolute Gasteiger partial charge is 0.396 e. The number of aliphatic hydroxyl groups is 3. The van der Waals surface area contributed by atoms with Crippen LogP contribution in [0.4, 0.5) is 4.39 Å². The monoisotopic (exact) mass is 346 g/mol. The van der Waals surface area contributed by atoms with Gasteiger partial charge in [-0.25, -0.2) is 4.39 Å². The first-order valence-corrected chi connectivity index (χ1v) is 7.76. The van der Waals surface area contributed by atoms with Crippen molar-refractivity contribution in [3.63, 3.8) is 0 Å². The number of carbonyl (C=O) groups excluding carboxylic acids is 2. The van der Waals surface area contributed by atoms with Crippen molar-refractivity contribution in [3.8, 4) is 0 Å². The molecule has 0 aromatic carbocycles. The Labute approximate surface area is 139 Å². The Morgan fingerprint density at radius 2 is 1.75 bits per heavy atom. The lowest BCUT2D eigenvalue weighted by atomic mass is 10.1. The number of amides is 2. The Hall–Kier alpha value is -1.84. The molecular weight excluding hydrogens is 323 g/mol. The van der Waals surface area contributed by atoms with Crippen LogP contribution in [0.3, 0.4) is 0 Å². The summed E-state index contributed by atoms with van der Waals surface area (Å²) < 4.78 is 12.1. The minimum atomic E-state index is -1.67. The van der Waals surface area contributed by atoms with Gasteiger partial charge < -0.3 is 20.2 Å².